The molecule has 0 atom stereocenters. The maximum Gasteiger partial charge on any atom is 0.522 e. The van der Waals surface area contributed by atoms with Crippen molar-refractivity contribution in [3.63, 3.8) is 0 Å². The number of carbonyl (C=O) groups is 2. The van der Waals surface area contributed by atoms with Crippen molar-refractivity contribution in [3.8, 4) is 0 Å². The summed E-state index contributed by atoms with van der Waals surface area (Å²) in [4.78, 5) is 27.5. The van der Waals surface area contributed by atoms with Gasteiger partial charge in [-0.2, -0.15) is 0 Å². The lowest BCUT2D eigenvalue weighted by Crippen LogP contribution is -2.50. The van der Waals surface area contributed by atoms with Gasteiger partial charge in [0.1, 0.15) is 6.54 Å². The molecule has 1 amide bonds. The molecule has 1 aliphatic rings. The third-order valence-electron chi connectivity index (χ3n) is 4.78. The molecule has 158 valence electrons. The first-order valence-corrected chi connectivity index (χ1v) is 9.24. The van der Waals surface area contributed by atoms with Crippen LogP contribution in [0.4, 0.5) is 13.2 Å². The number of rotatable bonds is 6. The Balaban J connectivity index is 1.60. The number of ether oxygens (including phenoxy) is 1. The van der Waals surface area contributed by atoms with Gasteiger partial charge in [-0.15, -0.1) is 13.2 Å². The van der Waals surface area contributed by atoms with Crippen molar-refractivity contribution in [1.82, 2.24) is 14.4 Å². The largest absolute Gasteiger partial charge is 0.522 e. The van der Waals surface area contributed by atoms with Gasteiger partial charge in [-0.25, -0.2) is 4.79 Å². The summed E-state index contributed by atoms with van der Waals surface area (Å²) in [5, 5.41) is 10.2. The molecule has 2 heterocycles. The Labute approximate surface area is 169 Å². The fourth-order valence-electron chi connectivity index (χ4n) is 3.33. The minimum absolute atomic E-state index is 0.0391. The Bertz CT molecular complexity index is 908. The van der Waals surface area contributed by atoms with E-state index in [9.17, 15) is 27.9 Å². The smallest absolute Gasteiger partial charge is 0.478 e. The summed E-state index contributed by atoms with van der Waals surface area (Å²) in [7, 11) is 0. The number of hydrogen-bond donors (Lipinski definition) is 1. The monoisotopic (exact) mass is 433 g/mol. The second-order valence-electron chi connectivity index (χ2n) is 6.65. The Hall–Kier alpha value is -2.30. The van der Waals surface area contributed by atoms with Crippen LogP contribution in [0.2, 0.25) is 5.02 Å². The number of aromatic nitrogens is 1. The first kappa shape index (κ1) is 21.4. The normalized spacial score (nSPS) is 15.8. The topological polar surface area (TPSA) is 75.0 Å². The zero-order chi connectivity index (χ0) is 21.2. The molecule has 0 spiro atoms. The molecule has 1 aliphatic heterocycles. The van der Waals surface area contributed by atoms with Crippen LogP contribution in [0.15, 0.2) is 24.4 Å². The molecular formula is C18H19ClF3N3O4. The lowest BCUT2D eigenvalue weighted by atomic mass is 10.2. The van der Waals surface area contributed by atoms with E-state index in [4.69, 9.17) is 11.6 Å². The molecule has 7 nitrogen and oxygen atoms in total. The number of carboxylic acids is 1. The van der Waals surface area contributed by atoms with Crippen LogP contribution in [0.25, 0.3) is 10.9 Å². The van der Waals surface area contributed by atoms with Crippen molar-refractivity contribution in [2.24, 2.45) is 0 Å². The molecule has 1 fully saturated rings. The molecule has 0 radical (unpaired) electrons. The van der Waals surface area contributed by atoms with Gasteiger partial charge in [-0.3, -0.25) is 14.4 Å². The van der Waals surface area contributed by atoms with Gasteiger partial charge in [0.25, 0.3) is 0 Å². The van der Waals surface area contributed by atoms with Gasteiger partial charge in [0.2, 0.25) is 5.91 Å². The van der Waals surface area contributed by atoms with Gasteiger partial charge >= 0.3 is 12.3 Å². The summed E-state index contributed by atoms with van der Waals surface area (Å²) in [5.41, 5.74) is 0.646. The summed E-state index contributed by atoms with van der Waals surface area (Å²) in [6.07, 6.45) is -3.23. The molecular weight excluding hydrogens is 415 g/mol. The van der Waals surface area contributed by atoms with Gasteiger partial charge in [0, 0.05) is 54.8 Å². The van der Waals surface area contributed by atoms with E-state index in [0.717, 1.165) is 0 Å². The SMILES string of the molecule is O=C(O)c1cn(CC(=O)N2CCN(CCOC(F)(F)F)CC2)c2ccc(Cl)cc12. The predicted octanol–water partition coefficient (Wildman–Crippen LogP) is 2.67. The second-order valence-corrected chi connectivity index (χ2v) is 7.09. The van der Waals surface area contributed by atoms with E-state index in [0.29, 0.717) is 42.1 Å². The molecule has 2 aromatic rings. The standard InChI is InChI=1S/C18H19ClF3N3O4/c19-12-1-2-15-13(9-12)14(17(27)28)10-25(15)11-16(26)24-5-3-23(4-6-24)7-8-29-18(20,21)22/h1-2,9-10H,3-8,11H2,(H,27,28). The summed E-state index contributed by atoms with van der Waals surface area (Å²) in [6.45, 7) is 1.27. The molecule has 1 aromatic carbocycles. The Morgan fingerprint density at radius 2 is 1.86 bits per heavy atom. The van der Waals surface area contributed by atoms with E-state index in [1.54, 1.807) is 32.6 Å². The van der Waals surface area contributed by atoms with Crippen LogP contribution in [0.5, 0.6) is 0 Å². The molecule has 0 unspecified atom stereocenters. The first-order valence-electron chi connectivity index (χ1n) is 8.86. The van der Waals surface area contributed by atoms with Gasteiger partial charge in [0.05, 0.1) is 12.2 Å². The molecule has 3 rings (SSSR count). The third-order valence-corrected chi connectivity index (χ3v) is 5.01. The highest BCUT2D eigenvalue weighted by molar-refractivity contribution is 6.31. The molecule has 0 bridgehead atoms. The van der Waals surface area contributed by atoms with Crippen LogP contribution in [-0.4, -0.2) is 77.0 Å². The van der Waals surface area contributed by atoms with Crippen LogP contribution in [0.1, 0.15) is 10.4 Å². The molecule has 1 N–H and O–H groups in total. The average Bonchev–Trinajstić information content (AvgIpc) is 2.99. The predicted molar refractivity (Wildman–Crippen MR) is 98.9 cm³/mol. The van der Waals surface area contributed by atoms with Gasteiger partial charge in [-0.1, -0.05) is 11.6 Å². The lowest BCUT2D eigenvalue weighted by molar-refractivity contribution is -0.325. The Kier molecular flexibility index (Phi) is 6.35. The maximum absolute atomic E-state index is 12.6. The maximum atomic E-state index is 12.6. The zero-order valence-corrected chi connectivity index (χ0v) is 16.0. The number of halogens is 4. The number of fused-ring (bicyclic) bond motifs is 1. The fourth-order valence-corrected chi connectivity index (χ4v) is 3.50. The molecule has 1 saturated heterocycles. The highest BCUT2D eigenvalue weighted by atomic mass is 35.5. The zero-order valence-electron chi connectivity index (χ0n) is 15.3. The molecule has 0 saturated carbocycles. The number of benzene rings is 1. The van der Waals surface area contributed by atoms with Crippen molar-refractivity contribution in [3.05, 3.63) is 35.0 Å². The summed E-state index contributed by atoms with van der Waals surface area (Å²) in [5.74, 6) is -1.31. The molecule has 0 aliphatic carbocycles. The van der Waals surface area contributed by atoms with E-state index in [1.165, 1.54) is 6.20 Å². The number of aromatic carboxylic acids is 1. The summed E-state index contributed by atoms with van der Waals surface area (Å²) >= 11 is 5.95. The van der Waals surface area contributed by atoms with E-state index in [1.807, 2.05) is 0 Å². The van der Waals surface area contributed by atoms with Gasteiger partial charge in [-0.05, 0) is 18.2 Å². The van der Waals surface area contributed by atoms with Crippen LogP contribution in [0.3, 0.4) is 0 Å². The Morgan fingerprint density at radius 1 is 1.17 bits per heavy atom. The molecule has 29 heavy (non-hydrogen) atoms. The van der Waals surface area contributed by atoms with Gasteiger partial charge < -0.3 is 14.6 Å². The van der Waals surface area contributed by atoms with Crippen molar-refractivity contribution in [2.75, 3.05) is 39.3 Å². The lowest BCUT2D eigenvalue weighted by Gasteiger charge is -2.34. The number of carboxylic acid groups (broad SMARTS) is 1. The second kappa shape index (κ2) is 8.60. The minimum Gasteiger partial charge on any atom is -0.478 e. The summed E-state index contributed by atoms with van der Waals surface area (Å²) < 4.78 is 41.4. The van der Waals surface area contributed by atoms with Crippen LogP contribution < -0.4 is 0 Å². The molecule has 1 aromatic heterocycles. The highest BCUT2D eigenvalue weighted by Crippen LogP contribution is 2.25. The van der Waals surface area contributed by atoms with Gasteiger partial charge in [0.15, 0.2) is 0 Å². The number of amides is 1. The van der Waals surface area contributed by atoms with Crippen LogP contribution in [-0.2, 0) is 16.1 Å². The van der Waals surface area contributed by atoms with Crippen molar-refractivity contribution < 1.29 is 32.6 Å². The van der Waals surface area contributed by atoms with Crippen molar-refractivity contribution in [1.29, 1.82) is 0 Å². The Morgan fingerprint density at radius 3 is 2.48 bits per heavy atom. The first-order chi connectivity index (χ1) is 13.6. The van der Waals surface area contributed by atoms with E-state index < -0.39 is 18.9 Å². The van der Waals surface area contributed by atoms with Crippen molar-refractivity contribution in [2.45, 2.75) is 12.9 Å². The number of hydrogen-bond acceptors (Lipinski definition) is 4. The van der Waals surface area contributed by atoms with Crippen molar-refractivity contribution >= 4 is 34.4 Å². The van der Waals surface area contributed by atoms with Crippen LogP contribution in [0, 0.1) is 0 Å². The third kappa shape index (κ3) is 5.40. The van der Waals surface area contributed by atoms with E-state index in [2.05, 4.69) is 4.74 Å². The number of carbonyl (C=O) groups excluding carboxylic acids is 1. The highest BCUT2D eigenvalue weighted by Gasteiger charge is 2.29. The van der Waals surface area contributed by atoms with E-state index >= 15 is 0 Å². The summed E-state index contributed by atoms with van der Waals surface area (Å²) in [6, 6.07) is 4.83. The number of nitrogens with zero attached hydrogens (tertiary/aromatic N) is 3. The minimum atomic E-state index is -4.64. The van der Waals surface area contributed by atoms with Crippen LogP contribution >= 0.6 is 11.6 Å². The number of piperazine rings is 1. The fraction of sp³-hybridized carbons (Fsp3) is 0.444. The average molecular weight is 434 g/mol. The molecule has 11 heteroatoms. The quantitative estimate of drug-likeness (QED) is 0.758. The number of alkyl halides is 3. The van der Waals surface area contributed by atoms with E-state index in [-0.39, 0.29) is 24.6 Å².